The zero-order valence-electron chi connectivity index (χ0n) is 16.1. The van der Waals surface area contributed by atoms with Gasteiger partial charge in [-0.15, -0.1) is 0 Å². The van der Waals surface area contributed by atoms with Gasteiger partial charge < -0.3 is 0 Å². The van der Waals surface area contributed by atoms with E-state index in [1.807, 2.05) is 60.7 Å². The molecule has 0 fully saturated rings. The second-order valence-electron chi connectivity index (χ2n) is 6.84. The summed E-state index contributed by atoms with van der Waals surface area (Å²) < 4.78 is 0. The molecule has 0 aliphatic heterocycles. The Bertz CT molecular complexity index is 1380. The molecule has 0 saturated carbocycles. The van der Waals surface area contributed by atoms with Crippen LogP contribution in [-0.4, -0.2) is 0 Å². The Kier molecular flexibility index (Phi) is 4.53. The number of fused-ring (bicyclic) bond motifs is 4. The minimum Gasteiger partial charge on any atom is -0.0616 e. The van der Waals surface area contributed by atoms with Gasteiger partial charge in [0.1, 0.15) is 0 Å². The van der Waals surface area contributed by atoms with Crippen LogP contribution in [0.2, 0.25) is 0 Å². The van der Waals surface area contributed by atoms with Crippen LogP contribution in [0, 0.1) is 48.5 Å². The average molecular weight is 374 g/mol. The third-order valence-corrected chi connectivity index (χ3v) is 4.86. The summed E-state index contributed by atoms with van der Waals surface area (Å²) in [5.41, 5.74) is 0. The van der Waals surface area contributed by atoms with Gasteiger partial charge in [-0.05, 0) is 59.3 Å². The number of rotatable bonds is 0. The van der Waals surface area contributed by atoms with Gasteiger partial charge in [0.25, 0.3) is 0 Å². The van der Waals surface area contributed by atoms with Crippen molar-refractivity contribution < 1.29 is 0 Å². The molecule has 0 aliphatic carbocycles. The van der Waals surface area contributed by atoms with Gasteiger partial charge >= 0.3 is 0 Å². The van der Waals surface area contributed by atoms with Crippen LogP contribution in [0.5, 0.6) is 0 Å². The predicted molar refractivity (Wildman–Crippen MR) is 122 cm³/mol. The van der Waals surface area contributed by atoms with Gasteiger partial charge in [-0.1, -0.05) is 84.9 Å². The Morgan fingerprint density at radius 1 is 0.333 bits per heavy atom. The number of hydrogen-bond acceptors (Lipinski definition) is 0. The highest BCUT2D eigenvalue weighted by Crippen LogP contribution is 2.19. The van der Waals surface area contributed by atoms with Crippen molar-refractivity contribution in [2.45, 2.75) is 0 Å². The molecule has 5 rings (SSSR count). The quantitative estimate of drug-likeness (QED) is 0.275. The van der Waals surface area contributed by atoms with Crippen LogP contribution in [0.1, 0.15) is 0 Å². The molecule has 0 nitrogen and oxygen atoms in total. The molecule has 0 aliphatic rings. The summed E-state index contributed by atoms with van der Waals surface area (Å²) in [5.74, 6) is 0. The first-order chi connectivity index (χ1) is 14.9. The molecule has 30 heavy (non-hydrogen) atoms. The molecular formula is C30H14. The fourth-order valence-corrected chi connectivity index (χ4v) is 3.32. The molecule has 134 valence electrons. The zero-order chi connectivity index (χ0) is 20.2. The highest BCUT2D eigenvalue weighted by molar-refractivity contribution is 5.97. The van der Waals surface area contributed by atoms with Crippen LogP contribution >= 0.6 is 0 Å². The summed E-state index contributed by atoms with van der Waals surface area (Å²) >= 11 is 0. The molecule has 0 N–H and O–H groups in total. The fraction of sp³-hybridized carbons (Fsp3) is 0. The maximum absolute atomic E-state index is 3.33. The van der Waals surface area contributed by atoms with Crippen LogP contribution in [0.4, 0.5) is 0 Å². The third-order valence-electron chi connectivity index (χ3n) is 4.86. The van der Waals surface area contributed by atoms with Crippen molar-refractivity contribution in [3.8, 4) is 0 Å². The van der Waals surface area contributed by atoms with Gasteiger partial charge in [0.15, 0.2) is 0 Å². The highest BCUT2D eigenvalue weighted by atomic mass is 14.0. The van der Waals surface area contributed by atoms with E-state index in [1.54, 1.807) is 0 Å². The first-order valence-electron chi connectivity index (χ1n) is 9.64. The predicted octanol–water partition coefficient (Wildman–Crippen LogP) is 6.95. The second-order valence-corrected chi connectivity index (χ2v) is 6.84. The Morgan fingerprint density at radius 2 is 0.667 bits per heavy atom. The SMILES string of the molecule is c1c#cc2ccccc2c#cc2cc3ccccc3cc2c#cc2ccccc2c#1. The molecule has 0 unspecified atom stereocenters. The van der Waals surface area contributed by atoms with Gasteiger partial charge in [0, 0.05) is 32.3 Å². The van der Waals surface area contributed by atoms with E-state index in [4.69, 9.17) is 0 Å². The molecule has 0 saturated heterocycles. The molecule has 0 heterocycles. The lowest BCUT2D eigenvalue weighted by Crippen LogP contribution is -1.72. The van der Waals surface area contributed by atoms with E-state index in [0.717, 1.165) is 43.1 Å². The topological polar surface area (TPSA) is 0 Å². The van der Waals surface area contributed by atoms with E-state index >= 15 is 0 Å². The summed E-state index contributed by atoms with van der Waals surface area (Å²) in [6.45, 7) is 0. The zero-order valence-corrected chi connectivity index (χ0v) is 16.1. The summed E-state index contributed by atoms with van der Waals surface area (Å²) in [6, 6.07) is 53.7. The van der Waals surface area contributed by atoms with E-state index in [2.05, 4.69) is 72.8 Å². The third kappa shape index (κ3) is 3.56. The Hall–Kier alpha value is -4.62. The normalized spacial score (nSPS) is 9.60. The molecule has 0 radical (unpaired) electrons. The van der Waals surface area contributed by atoms with Crippen LogP contribution in [-0.2, 0) is 0 Å². The van der Waals surface area contributed by atoms with Crippen molar-refractivity contribution in [2.75, 3.05) is 0 Å². The van der Waals surface area contributed by atoms with E-state index in [1.165, 1.54) is 0 Å². The van der Waals surface area contributed by atoms with Crippen molar-refractivity contribution >= 4 is 43.1 Å². The summed E-state index contributed by atoms with van der Waals surface area (Å²) in [7, 11) is 0. The molecule has 5 aromatic carbocycles. The van der Waals surface area contributed by atoms with E-state index in [0.29, 0.717) is 0 Å². The molecule has 0 aromatic heterocycles. The lowest BCUT2D eigenvalue weighted by atomic mass is 10.1. The van der Waals surface area contributed by atoms with Crippen molar-refractivity contribution in [1.82, 2.24) is 0 Å². The molecule has 0 atom stereocenters. The minimum atomic E-state index is 0.873. The maximum Gasteiger partial charge on any atom is 0.0412 e. The van der Waals surface area contributed by atoms with Crippen LogP contribution in [0.25, 0.3) is 43.1 Å². The van der Waals surface area contributed by atoms with Gasteiger partial charge in [-0.2, -0.15) is 0 Å². The van der Waals surface area contributed by atoms with Crippen LogP contribution < -0.4 is 0 Å². The Labute approximate surface area is 176 Å². The molecular weight excluding hydrogens is 360 g/mol. The summed E-state index contributed by atoms with van der Waals surface area (Å²) in [6.07, 6.45) is 0. The molecule has 0 amide bonds. The molecule has 0 heteroatoms. The number of benzene rings is 4. The first kappa shape index (κ1) is 17.5. The Morgan fingerprint density at radius 3 is 1.10 bits per heavy atom. The van der Waals surface area contributed by atoms with Gasteiger partial charge in [0.2, 0.25) is 0 Å². The Balaban J connectivity index is 1.94. The maximum atomic E-state index is 3.33. The second kappa shape index (κ2) is 7.78. The van der Waals surface area contributed by atoms with Crippen molar-refractivity contribution in [2.24, 2.45) is 0 Å². The molecule has 0 spiro atoms. The largest absolute Gasteiger partial charge is 0.0616 e. The van der Waals surface area contributed by atoms with Gasteiger partial charge in [0.05, 0.1) is 0 Å². The highest BCUT2D eigenvalue weighted by Gasteiger charge is 1.95. The van der Waals surface area contributed by atoms with Gasteiger partial charge in [-0.3, -0.25) is 0 Å². The fourth-order valence-electron chi connectivity index (χ4n) is 3.32. The minimum absolute atomic E-state index is 0.873. The summed E-state index contributed by atoms with van der Waals surface area (Å²) in [5, 5.41) is 7.62. The smallest absolute Gasteiger partial charge is 0.0412 e. The summed E-state index contributed by atoms with van der Waals surface area (Å²) in [4.78, 5) is 0. The van der Waals surface area contributed by atoms with Crippen molar-refractivity contribution in [3.63, 3.8) is 0 Å². The monoisotopic (exact) mass is 374 g/mol. The molecule has 0 bridgehead atoms. The lowest BCUT2D eigenvalue weighted by Gasteiger charge is -1.97. The lowest BCUT2D eigenvalue weighted by molar-refractivity contribution is 1.79. The van der Waals surface area contributed by atoms with E-state index in [9.17, 15) is 0 Å². The van der Waals surface area contributed by atoms with Crippen LogP contribution in [0.3, 0.4) is 0 Å². The average Bonchev–Trinajstić information content (AvgIpc) is 2.79. The number of hydrogen-bond donors (Lipinski definition) is 0. The van der Waals surface area contributed by atoms with Gasteiger partial charge in [-0.25, -0.2) is 0 Å². The van der Waals surface area contributed by atoms with E-state index in [-0.39, 0.29) is 0 Å². The first-order valence-corrected chi connectivity index (χ1v) is 9.64. The van der Waals surface area contributed by atoms with E-state index < -0.39 is 0 Å². The van der Waals surface area contributed by atoms with Crippen LogP contribution in [0.15, 0.2) is 84.9 Å². The molecule has 5 aromatic rings. The van der Waals surface area contributed by atoms with Crippen molar-refractivity contribution in [1.29, 1.82) is 0 Å². The van der Waals surface area contributed by atoms with Crippen molar-refractivity contribution in [3.05, 3.63) is 133 Å². The standard InChI is InChI=1S/C30H14/c1-2-10-24-12-4-6-14-26(24)18-20-30-22-28-16-8-7-15-27(28)21-29(30)19-17-25-13-5-3-11-23(25)9-1/h3-8,11-16,21-22H.